The first-order valence-corrected chi connectivity index (χ1v) is 7.27. The SMILES string of the molecule is COC1CCN(c2ccc(Cl)cc2CNC(C)C)C1. The van der Waals surface area contributed by atoms with Crippen molar-refractivity contribution in [2.45, 2.75) is 39.0 Å². The van der Waals surface area contributed by atoms with Crippen LogP contribution in [0.2, 0.25) is 5.02 Å². The second-order valence-electron chi connectivity index (χ2n) is 5.40. The Morgan fingerprint density at radius 2 is 2.26 bits per heavy atom. The quantitative estimate of drug-likeness (QED) is 0.898. The third-order valence-electron chi connectivity index (χ3n) is 3.56. The van der Waals surface area contributed by atoms with E-state index >= 15 is 0 Å². The van der Waals surface area contributed by atoms with Gasteiger partial charge >= 0.3 is 0 Å². The van der Waals surface area contributed by atoms with Crippen LogP contribution < -0.4 is 10.2 Å². The van der Waals surface area contributed by atoms with Gasteiger partial charge in [-0.05, 0) is 30.2 Å². The van der Waals surface area contributed by atoms with Crippen LogP contribution in [0.15, 0.2) is 18.2 Å². The van der Waals surface area contributed by atoms with E-state index < -0.39 is 0 Å². The molecule has 0 bridgehead atoms. The molecule has 2 rings (SSSR count). The Hall–Kier alpha value is -0.770. The first-order chi connectivity index (χ1) is 9.10. The van der Waals surface area contributed by atoms with Crippen LogP contribution >= 0.6 is 11.6 Å². The maximum Gasteiger partial charge on any atom is 0.0762 e. The highest BCUT2D eigenvalue weighted by molar-refractivity contribution is 6.30. The molecule has 3 nitrogen and oxygen atoms in total. The van der Waals surface area contributed by atoms with Gasteiger partial charge in [-0.25, -0.2) is 0 Å². The Balaban J connectivity index is 2.14. The summed E-state index contributed by atoms with van der Waals surface area (Å²) in [6.07, 6.45) is 1.44. The minimum absolute atomic E-state index is 0.349. The van der Waals surface area contributed by atoms with E-state index in [0.717, 1.165) is 31.1 Å². The molecule has 106 valence electrons. The van der Waals surface area contributed by atoms with Gasteiger partial charge in [-0.3, -0.25) is 0 Å². The second kappa shape index (κ2) is 6.60. The van der Waals surface area contributed by atoms with Gasteiger partial charge in [0.15, 0.2) is 0 Å². The van der Waals surface area contributed by atoms with Crippen molar-refractivity contribution in [2.75, 3.05) is 25.1 Å². The lowest BCUT2D eigenvalue weighted by Gasteiger charge is -2.23. The molecular weight excluding hydrogens is 260 g/mol. The Bertz CT molecular complexity index is 423. The fourth-order valence-corrected chi connectivity index (χ4v) is 2.65. The molecule has 1 aromatic carbocycles. The van der Waals surface area contributed by atoms with Crippen molar-refractivity contribution in [3.63, 3.8) is 0 Å². The number of benzene rings is 1. The first kappa shape index (κ1) is 14.6. The van der Waals surface area contributed by atoms with Gasteiger partial charge in [-0.2, -0.15) is 0 Å². The highest BCUT2D eigenvalue weighted by atomic mass is 35.5. The normalized spacial score (nSPS) is 19.4. The van der Waals surface area contributed by atoms with Gasteiger partial charge in [0.1, 0.15) is 0 Å². The van der Waals surface area contributed by atoms with Gasteiger partial charge in [0, 0.05) is 43.5 Å². The molecule has 0 aromatic heterocycles. The van der Waals surface area contributed by atoms with Gasteiger partial charge in [0.25, 0.3) is 0 Å². The molecule has 1 aliphatic heterocycles. The fourth-order valence-electron chi connectivity index (χ4n) is 2.46. The van der Waals surface area contributed by atoms with Gasteiger partial charge in [-0.15, -0.1) is 0 Å². The Morgan fingerprint density at radius 1 is 1.47 bits per heavy atom. The van der Waals surface area contributed by atoms with Crippen LogP contribution in [0.25, 0.3) is 0 Å². The predicted octanol–water partition coefficient (Wildman–Crippen LogP) is 3.06. The van der Waals surface area contributed by atoms with Crippen LogP contribution in [-0.4, -0.2) is 32.3 Å². The third kappa shape index (κ3) is 3.85. The van der Waals surface area contributed by atoms with Crippen molar-refractivity contribution in [1.82, 2.24) is 5.32 Å². The molecule has 1 saturated heterocycles. The van der Waals surface area contributed by atoms with Crippen LogP contribution in [0.4, 0.5) is 5.69 Å². The van der Waals surface area contributed by atoms with E-state index in [1.165, 1.54) is 11.3 Å². The van der Waals surface area contributed by atoms with E-state index in [-0.39, 0.29) is 0 Å². The van der Waals surface area contributed by atoms with Crippen molar-refractivity contribution in [3.05, 3.63) is 28.8 Å². The third-order valence-corrected chi connectivity index (χ3v) is 3.80. The molecule has 0 radical (unpaired) electrons. The van der Waals surface area contributed by atoms with Crippen molar-refractivity contribution >= 4 is 17.3 Å². The first-order valence-electron chi connectivity index (χ1n) is 6.89. The van der Waals surface area contributed by atoms with Crippen LogP contribution in [0, 0.1) is 0 Å². The van der Waals surface area contributed by atoms with Gasteiger partial charge in [0.05, 0.1) is 6.10 Å². The molecule has 0 amide bonds. The lowest BCUT2D eigenvalue weighted by molar-refractivity contribution is 0.121. The van der Waals surface area contributed by atoms with E-state index in [0.29, 0.717) is 12.1 Å². The van der Waals surface area contributed by atoms with E-state index in [1.807, 2.05) is 6.07 Å². The minimum atomic E-state index is 0.349. The number of hydrogen-bond acceptors (Lipinski definition) is 3. The lowest BCUT2D eigenvalue weighted by Crippen LogP contribution is -2.26. The summed E-state index contributed by atoms with van der Waals surface area (Å²) in [6, 6.07) is 6.62. The zero-order valence-corrected chi connectivity index (χ0v) is 12.7. The van der Waals surface area contributed by atoms with Gasteiger partial charge in [0.2, 0.25) is 0 Å². The van der Waals surface area contributed by atoms with Crippen molar-refractivity contribution < 1.29 is 4.74 Å². The molecule has 19 heavy (non-hydrogen) atoms. The number of nitrogens with zero attached hydrogens (tertiary/aromatic N) is 1. The van der Waals surface area contributed by atoms with Crippen LogP contribution in [0.3, 0.4) is 0 Å². The monoisotopic (exact) mass is 282 g/mol. The molecule has 1 aliphatic rings. The lowest BCUT2D eigenvalue weighted by atomic mass is 10.1. The summed E-state index contributed by atoms with van der Waals surface area (Å²) in [5, 5.41) is 4.26. The number of nitrogens with one attached hydrogen (secondary N) is 1. The molecule has 1 fully saturated rings. The molecule has 1 atom stereocenters. The maximum absolute atomic E-state index is 6.12. The molecule has 4 heteroatoms. The van der Waals surface area contributed by atoms with Crippen molar-refractivity contribution in [1.29, 1.82) is 0 Å². The van der Waals surface area contributed by atoms with Crippen LogP contribution in [-0.2, 0) is 11.3 Å². The van der Waals surface area contributed by atoms with Crippen LogP contribution in [0.1, 0.15) is 25.8 Å². The van der Waals surface area contributed by atoms with E-state index in [1.54, 1.807) is 7.11 Å². The smallest absolute Gasteiger partial charge is 0.0762 e. The average molecular weight is 283 g/mol. The zero-order chi connectivity index (χ0) is 13.8. The second-order valence-corrected chi connectivity index (χ2v) is 5.84. The fraction of sp³-hybridized carbons (Fsp3) is 0.600. The number of methoxy groups -OCH3 is 1. The standard InChI is InChI=1S/C15H23ClN2O/c1-11(2)17-9-12-8-13(16)4-5-15(12)18-7-6-14(10-18)19-3/h4-5,8,11,14,17H,6-7,9-10H2,1-3H3. The number of halogens is 1. The Labute approximate surface area is 120 Å². The van der Waals surface area contributed by atoms with E-state index in [2.05, 4.69) is 36.2 Å². The van der Waals surface area contributed by atoms with Crippen molar-refractivity contribution in [3.8, 4) is 0 Å². The highest BCUT2D eigenvalue weighted by Crippen LogP contribution is 2.28. The molecule has 0 spiro atoms. The summed E-state index contributed by atoms with van der Waals surface area (Å²) >= 11 is 6.12. The molecular formula is C15H23ClN2O. The van der Waals surface area contributed by atoms with E-state index in [4.69, 9.17) is 16.3 Å². The minimum Gasteiger partial charge on any atom is -0.380 e. The summed E-state index contributed by atoms with van der Waals surface area (Å²) in [4.78, 5) is 2.39. The summed E-state index contributed by atoms with van der Waals surface area (Å²) in [7, 11) is 1.79. The average Bonchev–Trinajstić information content (AvgIpc) is 2.85. The summed E-state index contributed by atoms with van der Waals surface area (Å²) in [6.45, 7) is 7.17. The van der Waals surface area contributed by atoms with E-state index in [9.17, 15) is 0 Å². The number of ether oxygens (including phenoxy) is 1. The summed E-state index contributed by atoms with van der Waals surface area (Å²) < 4.78 is 5.44. The molecule has 1 heterocycles. The van der Waals surface area contributed by atoms with Gasteiger partial charge in [-0.1, -0.05) is 25.4 Å². The van der Waals surface area contributed by atoms with Gasteiger partial charge < -0.3 is 15.0 Å². The predicted molar refractivity (Wildman–Crippen MR) is 81.1 cm³/mol. The number of hydrogen-bond donors (Lipinski definition) is 1. The Kier molecular flexibility index (Phi) is 5.08. The molecule has 1 N–H and O–H groups in total. The molecule has 1 unspecified atom stereocenters. The number of rotatable bonds is 5. The highest BCUT2D eigenvalue weighted by Gasteiger charge is 2.23. The topological polar surface area (TPSA) is 24.5 Å². The Morgan fingerprint density at radius 3 is 2.89 bits per heavy atom. The summed E-state index contributed by atoms with van der Waals surface area (Å²) in [5.74, 6) is 0. The zero-order valence-electron chi connectivity index (χ0n) is 11.9. The molecule has 1 aromatic rings. The molecule has 0 saturated carbocycles. The number of anilines is 1. The van der Waals surface area contributed by atoms with Crippen molar-refractivity contribution in [2.24, 2.45) is 0 Å². The van der Waals surface area contributed by atoms with Crippen LogP contribution in [0.5, 0.6) is 0 Å². The summed E-state index contributed by atoms with van der Waals surface area (Å²) in [5.41, 5.74) is 2.54. The maximum atomic E-state index is 6.12. The molecule has 0 aliphatic carbocycles. The largest absolute Gasteiger partial charge is 0.380 e.